The molecule has 0 saturated carbocycles. The molecule has 0 aliphatic carbocycles. The molecular weight excluding hydrogens is 436 g/mol. The lowest BCUT2D eigenvalue weighted by Crippen LogP contribution is -2.22. The average Bonchev–Trinajstić information content (AvgIpc) is 2.92. The number of hydrogen-bond acceptors (Lipinski definition) is 4. The summed E-state index contributed by atoms with van der Waals surface area (Å²) < 4.78 is 13.3. The van der Waals surface area contributed by atoms with Crippen LogP contribution in [0.25, 0.3) is 10.9 Å². The highest BCUT2D eigenvalue weighted by Gasteiger charge is 2.25. The van der Waals surface area contributed by atoms with Gasteiger partial charge in [-0.3, -0.25) is 4.79 Å². The van der Waals surface area contributed by atoms with Crippen molar-refractivity contribution >= 4 is 28.5 Å². The summed E-state index contributed by atoms with van der Waals surface area (Å²) in [6.45, 7) is 6.53. The van der Waals surface area contributed by atoms with Crippen molar-refractivity contribution in [1.29, 1.82) is 0 Å². The maximum Gasteiger partial charge on any atom is 0.306 e. The Morgan fingerprint density at radius 3 is 2.52 bits per heavy atom. The summed E-state index contributed by atoms with van der Waals surface area (Å²) in [4.78, 5) is 15.1. The van der Waals surface area contributed by atoms with E-state index >= 15 is 0 Å². The Morgan fingerprint density at radius 1 is 1.09 bits per heavy atom. The number of carbonyl (C=O) groups excluding carboxylic acids is 1. The highest BCUT2D eigenvalue weighted by Crippen LogP contribution is 2.34. The molecule has 2 aromatic carbocycles. The van der Waals surface area contributed by atoms with E-state index < -0.39 is 0 Å². The third-order valence-corrected chi connectivity index (χ3v) is 6.73. The first-order valence-electron chi connectivity index (χ1n) is 11.7. The van der Waals surface area contributed by atoms with Crippen LogP contribution in [0.1, 0.15) is 43.0 Å². The molecule has 0 bridgehead atoms. The fourth-order valence-electron chi connectivity index (χ4n) is 4.83. The van der Waals surface area contributed by atoms with Crippen LogP contribution in [0, 0.1) is 0 Å². The summed E-state index contributed by atoms with van der Waals surface area (Å²) >= 11 is 6.39. The van der Waals surface area contributed by atoms with Crippen molar-refractivity contribution in [2.75, 3.05) is 27.2 Å². The number of nitrogens with zero attached hydrogens (tertiary/aromatic N) is 2. The second-order valence-electron chi connectivity index (χ2n) is 9.21. The quantitative estimate of drug-likeness (QED) is 0.432. The zero-order chi connectivity index (χ0) is 23.5. The second kappa shape index (κ2) is 10.2. The molecule has 1 aliphatic rings. The molecule has 0 fully saturated rings. The molecule has 0 amide bonds. The molecule has 1 aromatic heterocycles. The normalized spacial score (nSPS) is 15.3. The fraction of sp³-hybridized carbons (Fsp3) is 0.444. The van der Waals surface area contributed by atoms with Crippen LogP contribution in [0.5, 0.6) is 5.75 Å². The molecule has 5 nitrogen and oxygen atoms in total. The van der Waals surface area contributed by atoms with Gasteiger partial charge in [0.2, 0.25) is 0 Å². The first-order chi connectivity index (χ1) is 15.9. The summed E-state index contributed by atoms with van der Waals surface area (Å²) in [6.07, 6.45) is 2.17. The van der Waals surface area contributed by atoms with Crippen molar-refractivity contribution < 1.29 is 14.3 Å². The lowest BCUT2D eigenvalue weighted by atomic mass is 9.95. The number of hydrogen-bond donors (Lipinski definition) is 0. The Morgan fingerprint density at radius 2 is 1.82 bits per heavy atom. The van der Waals surface area contributed by atoms with Gasteiger partial charge >= 0.3 is 5.97 Å². The molecule has 176 valence electrons. The van der Waals surface area contributed by atoms with Crippen molar-refractivity contribution in [3.63, 3.8) is 0 Å². The van der Waals surface area contributed by atoms with E-state index in [0.29, 0.717) is 13.0 Å². The van der Waals surface area contributed by atoms with Gasteiger partial charge in [-0.15, -0.1) is 0 Å². The van der Waals surface area contributed by atoms with E-state index in [-0.39, 0.29) is 18.0 Å². The molecule has 33 heavy (non-hydrogen) atoms. The van der Waals surface area contributed by atoms with Crippen LogP contribution in [0.3, 0.4) is 0 Å². The molecule has 2 heterocycles. The standard InChI is InChI=1S/C27H33ClN2O3/c1-18(2)33-27(31)15-20(19-5-8-22(32-4)9-6-19)17-30-25-10-7-21(28)16-24(25)23-11-13-29(3)14-12-26(23)30/h5-10,16,18,20H,11-15,17H2,1-4H3. The van der Waals surface area contributed by atoms with Crippen LogP contribution >= 0.6 is 11.6 Å². The van der Waals surface area contributed by atoms with E-state index in [4.69, 9.17) is 21.1 Å². The molecule has 1 aliphatic heterocycles. The van der Waals surface area contributed by atoms with E-state index in [1.54, 1.807) is 7.11 Å². The van der Waals surface area contributed by atoms with Gasteiger partial charge in [-0.2, -0.15) is 0 Å². The van der Waals surface area contributed by atoms with Crippen LogP contribution in [0.15, 0.2) is 42.5 Å². The van der Waals surface area contributed by atoms with E-state index in [1.807, 2.05) is 32.0 Å². The van der Waals surface area contributed by atoms with E-state index in [1.165, 1.54) is 22.2 Å². The summed E-state index contributed by atoms with van der Waals surface area (Å²) in [5.41, 5.74) is 5.03. The number of methoxy groups -OCH3 is 1. The predicted molar refractivity (Wildman–Crippen MR) is 133 cm³/mol. The molecular formula is C27H33ClN2O3. The van der Waals surface area contributed by atoms with E-state index in [2.05, 4.69) is 40.8 Å². The summed E-state index contributed by atoms with van der Waals surface area (Å²) in [5.74, 6) is 0.620. The van der Waals surface area contributed by atoms with Gasteiger partial charge in [0, 0.05) is 53.6 Å². The third-order valence-electron chi connectivity index (χ3n) is 6.49. The molecule has 4 rings (SSSR count). The molecule has 3 aromatic rings. The van der Waals surface area contributed by atoms with Gasteiger partial charge < -0.3 is 18.9 Å². The monoisotopic (exact) mass is 468 g/mol. The first kappa shape index (κ1) is 23.7. The van der Waals surface area contributed by atoms with Gasteiger partial charge in [-0.25, -0.2) is 0 Å². The summed E-state index contributed by atoms with van der Waals surface area (Å²) in [6, 6.07) is 14.2. The number of aromatic nitrogens is 1. The topological polar surface area (TPSA) is 43.7 Å². The number of carbonyl (C=O) groups is 1. The Balaban J connectivity index is 1.76. The zero-order valence-electron chi connectivity index (χ0n) is 19.9. The summed E-state index contributed by atoms with van der Waals surface area (Å²) in [5, 5.41) is 1.98. The van der Waals surface area contributed by atoms with Crippen molar-refractivity contribution in [1.82, 2.24) is 9.47 Å². The Kier molecular flexibility index (Phi) is 7.30. The molecule has 1 atom stereocenters. The van der Waals surface area contributed by atoms with Gasteiger partial charge in [0.15, 0.2) is 0 Å². The SMILES string of the molecule is COc1ccc(C(CC(=O)OC(C)C)Cn2c3c(c4cc(Cl)ccc42)CCN(C)CC3)cc1. The minimum Gasteiger partial charge on any atom is -0.497 e. The smallest absolute Gasteiger partial charge is 0.306 e. The van der Waals surface area contributed by atoms with Crippen molar-refractivity contribution in [3.05, 3.63) is 64.3 Å². The number of halogens is 1. The predicted octanol–water partition coefficient (Wildman–Crippen LogP) is 5.46. The van der Waals surface area contributed by atoms with E-state index in [9.17, 15) is 4.79 Å². The summed E-state index contributed by atoms with van der Waals surface area (Å²) in [7, 11) is 3.84. The molecule has 0 N–H and O–H groups in total. The van der Waals surface area contributed by atoms with Crippen molar-refractivity contribution in [3.8, 4) is 5.75 Å². The number of rotatable bonds is 7. The number of fused-ring (bicyclic) bond motifs is 3. The van der Waals surface area contributed by atoms with E-state index in [0.717, 1.165) is 42.3 Å². The van der Waals surface area contributed by atoms with Gasteiger partial charge in [0.1, 0.15) is 5.75 Å². The first-order valence-corrected chi connectivity index (χ1v) is 12.0. The largest absolute Gasteiger partial charge is 0.497 e. The average molecular weight is 469 g/mol. The van der Waals surface area contributed by atoms with Gasteiger partial charge in [0.05, 0.1) is 19.6 Å². The lowest BCUT2D eigenvalue weighted by molar-refractivity contribution is -0.147. The van der Waals surface area contributed by atoms with Gasteiger partial charge in [-0.1, -0.05) is 23.7 Å². The minimum absolute atomic E-state index is 0.0153. The Hall–Kier alpha value is -2.50. The van der Waals surface area contributed by atoms with Crippen molar-refractivity contribution in [2.24, 2.45) is 0 Å². The fourth-order valence-corrected chi connectivity index (χ4v) is 5.00. The molecule has 1 unspecified atom stereocenters. The molecule has 6 heteroatoms. The van der Waals surface area contributed by atoms with Crippen LogP contribution < -0.4 is 4.74 Å². The number of benzene rings is 2. The van der Waals surface area contributed by atoms with Crippen LogP contribution in [-0.2, 0) is 28.9 Å². The number of esters is 1. The highest BCUT2D eigenvalue weighted by atomic mass is 35.5. The van der Waals surface area contributed by atoms with Gasteiger partial charge in [0.25, 0.3) is 0 Å². The van der Waals surface area contributed by atoms with Crippen LogP contribution in [0.2, 0.25) is 5.02 Å². The maximum atomic E-state index is 12.7. The van der Waals surface area contributed by atoms with Crippen LogP contribution in [-0.4, -0.2) is 48.8 Å². The second-order valence-corrected chi connectivity index (χ2v) is 9.65. The van der Waals surface area contributed by atoms with Gasteiger partial charge in [-0.05, 0) is 68.8 Å². The maximum absolute atomic E-state index is 12.7. The third kappa shape index (κ3) is 5.36. The van der Waals surface area contributed by atoms with Crippen LogP contribution in [0.4, 0.5) is 0 Å². The Labute approximate surface area is 201 Å². The number of likely N-dealkylation sites (N-methyl/N-ethyl adjacent to an activating group) is 1. The molecule has 0 spiro atoms. The van der Waals surface area contributed by atoms with Crippen molar-refractivity contribution in [2.45, 2.75) is 51.7 Å². The number of ether oxygens (including phenoxy) is 2. The minimum atomic E-state index is -0.170. The molecule has 0 radical (unpaired) electrons. The Bertz CT molecular complexity index is 1120. The lowest BCUT2D eigenvalue weighted by Gasteiger charge is -2.22. The molecule has 0 saturated heterocycles. The zero-order valence-corrected chi connectivity index (χ0v) is 20.7. The highest BCUT2D eigenvalue weighted by molar-refractivity contribution is 6.31.